The highest BCUT2D eigenvalue weighted by molar-refractivity contribution is 5.71. The van der Waals surface area contributed by atoms with Gasteiger partial charge in [0.15, 0.2) is 6.10 Å². The number of ether oxygens (including phenoxy) is 3. The van der Waals surface area contributed by atoms with Gasteiger partial charge in [-0.15, -0.1) is 0 Å². The molecule has 0 fully saturated rings. The van der Waals surface area contributed by atoms with E-state index < -0.39 is 6.10 Å². The third-order valence-corrected chi connectivity index (χ3v) is 12.3. The molecule has 6 heteroatoms. The Morgan fingerprint density at radius 1 is 0.317 bits per heavy atom. The van der Waals surface area contributed by atoms with E-state index in [1.807, 2.05) is 0 Å². The Balaban J connectivity index is 4.27. The quantitative estimate of drug-likeness (QED) is 0.0345. The zero-order valence-electron chi connectivity index (χ0n) is 40.9. The monoisotopic (exact) mass is 849 g/mol. The topological polar surface area (TPSA) is 78.9 Å². The van der Waals surface area contributed by atoms with Gasteiger partial charge in [-0.2, -0.15) is 0 Å². The van der Waals surface area contributed by atoms with Gasteiger partial charge in [-0.05, 0) is 25.2 Å². The Morgan fingerprint density at radius 2 is 0.550 bits per heavy atom. The lowest BCUT2D eigenvalue weighted by Gasteiger charge is -2.18. The number of unbranched alkanes of at least 4 members (excludes halogenated alkanes) is 36. The largest absolute Gasteiger partial charge is 0.462 e. The third kappa shape index (κ3) is 47.5. The molecule has 0 saturated heterocycles. The lowest BCUT2D eigenvalue weighted by Crippen LogP contribution is -2.30. The van der Waals surface area contributed by atoms with Gasteiger partial charge >= 0.3 is 17.9 Å². The summed E-state index contributed by atoms with van der Waals surface area (Å²) in [5, 5.41) is 0. The zero-order valence-corrected chi connectivity index (χ0v) is 40.9. The van der Waals surface area contributed by atoms with Crippen LogP contribution in [0.3, 0.4) is 0 Å². The Bertz CT molecular complexity index is 903. The Labute approximate surface area is 374 Å². The van der Waals surface area contributed by atoms with Crippen molar-refractivity contribution in [1.82, 2.24) is 0 Å². The van der Waals surface area contributed by atoms with Crippen molar-refractivity contribution >= 4 is 17.9 Å². The van der Waals surface area contributed by atoms with Crippen molar-refractivity contribution in [3.05, 3.63) is 0 Å². The maximum absolute atomic E-state index is 12.8. The second-order valence-electron chi connectivity index (χ2n) is 19.0. The highest BCUT2D eigenvalue weighted by Crippen LogP contribution is 2.17. The van der Waals surface area contributed by atoms with Crippen LogP contribution < -0.4 is 0 Å². The minimum atomic E-state index is -0.760. The van der Waals surface area contributed by atoms with E-state index in [1.54, 1.807) is 0 Å². The van der Waals surface area contributed by atoms with Crippen molar-refractivity contribution in [2.75, 3.05) is 13.2 Å². The first kappa shape index (κ1) is 58.4. The van der Waals surface area contributed by atoms with E-state index in [0.717, 1.165) is 63.7 Å². The maximum atomic E-state index is 12.8. The minimum Gasteiger partial charge on any atom is -0.462 e. The van der Waals surface area contributed by atoms with Crippen LogP contribution in [0.4, 0.5) is 0 Å². The van der Waals surface area contributed by atoms with E-state index >= 15 is 0 Å². The molecule has 0 aliphatic carbocycles. The number of hydrogen-bond donors (Lipinski definition) is 0. The van der Waals surface area contributed by atoms with Crippen LogP contribution in [0.5, 0.6) is 0 Å². The molecule has 0 bridgehead atoms. The minimum absolute atomic E-state index is 0.0624. The first-order valence-electron chi connectivity index (χ1n) is 26.9. The van der Waals surface area contributed by atoms with E-state index in [9.17, 15) is 14.4 Å². The maximum Gasteiger partial charge on any atom is 0.306 e. The molecule has 0 rings (SSSR count). The molecule has 6 nitrogen and oxygen atoms in total. The van der Waals surface area contributed by atoms with Gasteiger partial charge in [-0.3, -0.25) is 14.4 Å². The zero-order chi connectivity index (χ0) is 43.8. The van der Waals surface area contributed by atoms with Crippen LogP contribution in [0, 0.1) is 5.92 Å². The van der Waals surface area contributed by atoms with Gasteiger partial charge in [-0.1, -0.05) is 265 Å². The second-order valence-corrected chi connectivity index (χ2v) is 19.0. The molecule has 0 heterocycles. The van der Waals surface area contributed by atoms with E-state index in [-0.39, 0.29) is 31.1 Å². The predicted octanol–water partition coefficient (Wildman–Crippen LogP) is 17.5. The fraction of sp³-hybridized carbons (Fsp3) is 0.944. The molecule has 0 aliphatic rings. The molecule has 356 valence electrons. The lowest BCUT2D eigenvalue weighted by atomic mass is 10.0. The molecule has 0 aromatic rings. The van der Waals surface area contributed by atoms with E-state index in [0.29, 0.717) is 19.3 Å². The normalized spacial score (nSPS) is 11.9. The summed E-state index contributed by atoms with van der Waals surface area (Å²) in [6.07, 6.45) is 50.9. The van der Waals surface area contributed by atoms with Crippen molar-refractivity contribution in [1.29, 1.82) is 0 Å². The summed E-state index contributed by atoms with van der Waals surface area (Å²) in [5.74, 6) is -0.00800. The van der Waals surface area contributed by atoms with E-state index in [2.05, 4.69) is 27.7 Å². The van der Waals surface area contributed by atoms with Crippen molar-refractivity contribution in [2.45, 2.75) is 310 Å². The summed E-state index contributed by atoms with van der Waals surface area (Å²) in [5.41, 5.74) is 0. The van der Waals surface area contributed by atoms with Gasteiger partial charge in [0.2, 0.25) is 0 Å². The molecule has 0 saturated carbocycles. The summed E-state index contributed by atoms with van der Waals surface area (Å²) in [7, 11) is 0. The molecule has 60 heavy (non-hydrogen) atoms. The molecular formula is C54H104O6. The molecule has 0 aromatic carbocycles. The fourth-order valence-corrected chi connectivity index (χ4v) is 8.22. The van der Waals surface area contributed by atoms with Gasteiger partial charge < -0.3 is 14.2 Å². The number of carbonyl (C=O) groups is 3. The van der Waals surface area contributed by atoms with Crippen LogP contribution in [0.15, 0.2) is 0 Å². The molecule has 0 spiro atoms. The second kappa shape index (κ2) is 48.4. The van der Waals surface area contributed by atoms with Crippen molar-refractivity contribution in [2.24, 2.45) is 5.92 Å². The van der Waals surface area contributed by atoms with Crippen LogP contribution in [0.1, 0.15) is 304 Å². The summed E-state index contributed by atoms with van der Waals surface area (Å²) in [4.78, 5) is 38.0. The van der Waals surface area contributed by atoms with Gasteiger partial charge in [0.25, 0.3) is 0 Å². The van der Waals surface area contributed by atoms with Crippen molar-refractivity contribution in [3.63, 3.8) is 0 Å². The molecule has 0 unspecified atom stereocenters. The van der Waals surface area contributed by atoms with Crippen LogP contribution in [-0.4, -0.2) is 37.2 Å². The first-order chi connectivity index (χ1) is 29.4. The van der Waals surface area contributed by atoms with Gasteiger partial charge in [-0.25, -0.2) is 0 Å². The van der Waals surface area contributed by atoms with E-state index in [1.165, 1.54) is 199 Å². The smallest absolute Gasteiger partial charge is 0.306 e. The summed E-state index contributed by atoms with van der Waals surface area (Å²) in [6, 6.07) is 0. The molecule has 0 amide bonds. The first-order valence-corrected chi connectivity index (χ1v) is 26.9. The van der Waals surface area contributed by atoms with E-state index in [4.69, 9.17) is 14.2 Å². The summed E-state index contributed by atoms with van der Waals surface area (Å²) < 4.78 is 16.8. The Hall–Kier alpha value is -1.59. The molecule has 0 radical (unpaired) electrons. The summed E-state index contributed by atoms with van der Waals surface area (Å²) in [6.45, 7) is 9.03. The highest BCUT2D eigenvalue weighted by atomic mass is 16.6. The van der Waals surface area contributed by atoms with Gasteiger partial charge in [0.1, 0.15) is 13.2 Å². The van der Waals surface area contributed by atoms with Crippen LogP contribution >= 0.6 is 0 Å². The number of esters is 3. The number of carbonyl (C=O) groups excluding carboxylic acids is 3. The standard InChI is InChI=1S/C54H104O6/c1-5-7-9-11-13-15-17-18-19-20-21-26-29-33-37-41-45-52(55)58-48-51(60-54(57)47-43-39-35-31-24-16-14-12-10-8-6-2)49-59-53(56)46-42-38-34-30-27-23-22-25-28-32-36-40-44-50(3)4/h50-51H,5-49H2,1-4H3/t51-/m0/s1. The molecule has 0 N–H and O–H groups in total. The Morgan fingerprint density at radius 3 is 0.817 bits per heavy atom. The van der Waals surface area contributed by atoms with Crippen LogP contribution in [-0.2, 0) is 28.6 Å². The highest BCUT2D eigenvalue weighted by Gasteiger charge is 2.19. The molecule has 0 aliphatic heterocycles. The van der Waals surface area contributed by atoms with Crippen LogP contribution in [0.2, 0.25) is 0 Å². The Kier molecular flexibility index (Phi) is 47.2. The number of hydrogen-bond acceptors (Lipinski definition) is 6. The molecule has 0 aromatic heterocycles. The SMILES string of the molecule is CCCCCCCCCCCCCCCCCCC(=O)OC[C@@H](COC(=O)CCCCCCCCCCCCCCC(C)C)OC(=O)CCCCCCCCCCCCC. The average molecular weight is 849 g/mol. The average Bonchev–Trinajstić information content (AvgIpc) is 3.23. The van der Waals surface area contributed by atoms with Crippen molar-refractivity contribution < 1.29 is 28.6 Å². The van der Waals surface area contributed by atoms with Crippen LogP contribution in [0.25, 0.3) is 0 Å². The third-order valence-electron chi connectivity index (χ3n) is 12.3. The fourth-order valence-electron chi connectivity index (χ4n) is 8.22. The summed E-state index contributed by atoms with van der Waals surface area (Å²) >= 11 is 0. The van der Waals surface area contributed by atoms with Crippen molar-refractivity contribution in [3.8, 4) is 0 Å². The predicted molar refractivity (Wildman–Crippen MR) is 257 cm³/mol. The van der Waals surface area contributed by atoms with Gasteiger partial charge in [0, 0.05) is 19.3 Å². The van der Waals surface area contributed by atoms with Gasteiger partial charge in [0.05, 0.1) is 0 Å². The molecular weight excluding hydrogens is 745 g/mol. The molecule has 1 atom stereocenters. The lowest BCUT2D eigenvalue weighted by molar-refractivity contribution is -0.167. The number of rotatable bonds is 49.